The summed E-state index contributed by atoms with van der Waals surface area (Å²) in [5.41, 5.74) is 1.49. The van der Waals surface area contributed by atoms with Crippen molar-refractivity contribution in [3.63, 3.8) is 0 Å². The molecule has 1 aromatic heterocycles. The molecule has 1 aliphatic carbocycles. The first-order valence-corrected chi connectivity index (χ1v) is 6.70. The predicted molar refractivity (Wildman–Crippen MR) is 72.8 cm³/mol. The maximum atomic E-state index is 12.8. The van der Waals surface area contributed by atoms with E-state index in [1.165, 1.54) is 6.42 Å². The molecule has 1 saturated carbocycles. The molecule has 1 aliphatic rings. The van der Waals surface area contributed by atoms with E-state index in [9.17, 15) is 4.79 Å². The number of rotatable bonds is 3. The third-order valence-corrected chi connectivity index (χ3v) is 4.10. The number of likely N-dealkylation sites (N-methyl/N-ethyl adjacent to an activating group) is 1. The fourth-order valence-corrected chi connectivity index (χ4v) is 2.96. The lowest BCUT2D eigenvalue weighted by molar-refractivity contribution is 0.0563. The summed E-state index contributed by atoms with van der Waals surface area (Å²) < 4.78 is 0. The van der Waals surface area contributed by atoms with Crippen molar-refractivity contribution in [2.75, 3.05) is 14.1 Å². The third kappa shape index (κ3) is 2.32. The highest BCUT2D eigenvalue weighted by atomic mass is 16.1. The van der Waals surface area contributed by atoms with Crippen molar-refractivity contribution in [1.82, 2.24) is 9.88 Å². The fraction of sp³-hybridized carbons (Fsp3) is 0.600. The Labute approximate surface area is 109 Å². The number of carbonyl (C=O) groups excluding carboxylic acids is 1. The molecular formula is C15H22N2O. The average Bonchev–Trinajstić information content (AvgIpc) is 2.38. The lowest BCUT2D eigenvalue weighted by Crippen LogP contribution is -2.52. The summed E-state index contributed by atoms with van der Waals surface area (Å²) in [5, 5.41) is 0. The zero-order valence-electron chi connectivity index (χ0n) is 11.6. The summed E-state index contributed by atoms with van der Waals surface area (Å²) in [7, 11) is 4.04. The van der Waals surface area contributed by atoms with Gasteiger partial charge in [0.1, 0.15) is 0 Å². The Morgan fingerprint density at radius 1 is 1.22 bits per heavy atom. The molecule has 1 heterocycles. The van der Waals surface area contributed by atoms with Gasteiger partial charge in [0.2, 0.25) is 0 Å². The van der Waals surface area contributed by atoms with Crippen LogP contribution in [0.1, 0.15) is 48.0 Å². The second-order valence-electron chi connectivity index (χ2n) is 5.57. The topological polar surface area (TPSA) is 33.2 Å². The van der Waals surface area contributed by atoms with Crippen molar-refractivity contribution < 1.29 is 4.79 Å². The monoisotopic (exact) mass is 246 g/mol. The largest absolute Gasteiger partial charge is 0.297 e. The van der Waals surface area contributed by atoms with Gasteiger partial charge in [0.15, 0.2) is 5.78 Å². The van der Waals surface area contributed by atoms with Gasteiger partial charge in [0.25, 0.3) is 0 Å². The SMILES string of the molecule is Cc1cncc(C(=O)C2(N(C)C)CCCCC2)c1. The van der Waals surface area contributed by atoms with Crippen LogP contribution in [0.15, 0.2) is 18.5 Å². The smallest absolute Gasteiger partial charge is 0.184 e. The molecule has 0 aliphatic heterocycles. The van der Waals surface area contributed by atoms with Gasteiger partial charge in [0.05, 0.1) is 5.54 Å². The highest BCUT2D eigenvalue weighted by molar-refractivity contribution is 6.03. The van der Waals surface area contributed by atoms with Crippen molar-refractivity contribution in [3.8, 4) is 0 Å². The van der Waals surface area contributed by atoms with Gasteiger partial charge in [-0.1, -0.05) is 19.3 Å². The van der Waals surface area contributed by atoms with E-state index >= 15 is 0 Å². The Hall–Kier alpha value is -1.22. The molecule has 0 atom stereocenters. The van der Waals surface area contributed by atoms with E-state index in [4.69, 9.17) is 0 Å². The Balaban J connectivity index is 2.34. The van der Waals surface area contributed by atoms with Gasteiger partial charge >= 0.3 is 0 Å². The van der Waals surface area contributed by atoms with Gasteiger partial charge in [0, 0.05) is 18.0 Å². The summed E-state index contributed by atoms with van der Waals surface area (Å²) in [6, 6.07) is 1.95. The van der Waals surface area contributed by atoms with Gasteiger partial charge in [-0.2, -0.15) is 0 Å². The van der Waals surface area contributed by atoms with Crippen LogP contribution < -0.4 is 0 Å². The van der Waals surface area contributed by atoms with Gasteiger partial charge in [-0.25, -0.2) is 0 Å². The zero-order chi connectivity index (χ0) is 13.2. The Kier molecular flexibility index (Phi) is 3.81. The molecule has 2 rings (SSSR count). The second kappa shape index (κ2) is 5.19. The molecule has 18 heavy (non-hydrogen) atoms. The van der Waals surface area contributed by atoms with Crippen LogP contribution in [0.3, 0.4) is 0 Å². The van der Waals surface area contributed by atoms with Gasteiger partial charge in [-0.05, 0) is 45.5 Å². The normalized spacial score (nSPS) is 18.9. The molecule has 0 aromatic carbocycles. The molecule has 1 fully saturated rings. The minimum atomic E-state index is -0.312. The van der Waals surface area contributed by atoms with Crippen LogP contribution in [0.25, 0.3) is 0 Å². The predicted octanol–water partition coefficient (Wildman–Crippen LogP) is 2.84. The second-order valence-corrected chi connectivity index (χ2v) is 5.57. The van der Waals surface area contributed by atoms with Crippen LogP contribution in [-0.2, 0) is 0 Å². The average molecular weight is 246 g/mol. The molecule has 0 spiro atoms. The van der Waals surface area contributed by atoms with Crippen LogP contribution in [0.4, 0.5) is 0 Å². The fourth-order valence-electron chi connectivity index (χ4n) is 2.96. The molecule has 0 unspecified atom stereocenters. The lowest BCUT2D eigenvalue weighted by Gasteiger charge is -2.41. The van der Waals surface area contributed by atoms with Gasteiger partial charge in [-0.3, -0.25) is 14.7 Å². The quantitative estimate of drug-likeness (QED) is 0.769. The van der Waals surface area contributed by atoms with Crippen LogP contribution >= 0.6 is 0 Å². The minimum Gasteiger partial charge on any atom is -0.297 e. The molecular weight excluding hydrogens is 224 g/mol. The number of Topliss-reactive ketones (excluding diaryl/α,β-unsaturated/α-hetero) is 1. The van der Waals surface area contributed by atoms with Crippen molar-refractivity contribution in [1.29, 1.82) is 0 Å². The van der Waals surface area contributed by atoms with Crippen LogP contribution in [0.5, 0.6) is 0 Å². The van der Waals surface area contributed by atoms with E-state index in [0.717, 1.165) is 36.8 Å². The number of pyridine rings is 1. The number of nitrogens with zero attached hydrogens (tertiary/aromatic N) is 2. The minimum absolute atomic E-state index is 0.239. The van der Waals surface area contributed by atoms with Crippen molar-refractivity contribution in [3.05, 3.63) is 29.6 Å². The number of hydrogen-bond donors (Lipinski definition) is 0. The molecule has 0 radical (unpaired) electrons. The summed E-state index contributed by atoms with van der Waals surface area (Å²) in [6.45, 7) is 1.98. The zero-order valence-corrected chi connectivity index (χ0v) is 11.6. The van der Waals surface area contributed by atoms with Crippen LogP contribution in [0.2, 0.25) is 0 Å². The summed E-state index contributed by atoms with van der Waals surface area (Å²) in [4.78, 5) is 19.1. The number of ketones is 1. The first-order chi connectivity index (χ1) is 8.56. The highest BCUT2D eigenvalue weighted by Gasteiger charge is 2.41. The van der Waals surface area contributed by atoms with E-state index < -0.39 is 0 Å². The van der Waals surface area contributed by atoms with Crippen LogP contribution in [0, 0.1) is 6.92 Å². The first kappa shape index (κ1) is 13.2. The van der Waals surface area contributed by atoms with E-state index in [0.29, 0.717) is 0 Å². The van der Waals surface area contributed by atoms with Gasteiger partial charge in [-0.15, -0.1) is 0 Å². The number of aryl methyl sites for hydroxylation is 1. The first-order valence-electron chi connectivity index (χ1n) is 6.70. The summed E-state index contributed by atoms with van der Waals surface area (Å²) in [5.74, 6) is 0.239. The van der Waals surface area contributed by atoms with Crippen LogP contribution in [-0.4, -0.2) is 35.3 Å². The summed E-state index contributed by atoms with van der Waals surface area (Å²) in [6.07, 6.45) is 8.95. The van der Waals surface area contributed by atoms with E-state index in [2.05, 4.69) is 9.88 Å². The van der Waals surface area contributed by atoms with Crippen molar-refractivity contribution >= 4 is 5.78 Å². The van der Waals surface area contributed by atoms with Crippen molar-refractivity contribution in [2.24, 2.45) is 0 Å². The Bertz CT molecular complexity index is 434. The Morgan fingerprint density at radius 3 is 2.44 bits per heavy atom. The molecule has 0 amide bonds. The molecule has 3 heteroatoms. The van der Waals surface area contributed by atoms with E-state index in [1.54, 1.807) is 12.4 Å². The maximum Gasteiger partial charge on any atom is 0.184 e. The van der Waals surface area contributed by atoms with E-state index in [-0.39, 0.29) is 11.3 Å². The Morgan fingerprint density at radius 2 is 1.89 bits per heavy atom. The summed E-state index contributed by atoms with van der Waals surface area (Å²) >= 11 is 0. The lowest BCUT2D eigenvalue weighted by atomic mass is 9.76. The number of aromatic nitrogens is 1. The highest BCUT2D eigenvalue weighted by Crippen LogP contribution is 2.35. The third-order valence-electron chi connectivity index (χ3n) is 4.10. The molecule has 1 aromatic rings. The standard InChI is InChI=1S/C15H22N2O/c1-12-9-13(11-16-10-12)14(18)15(17(2)3)7-5-4-6-8-15/h9-11H,4-8H2,1-3H3. The van der Waals surface area contributed by atoms with Gasteiger partial charge < -0.3 is 0 Å². The number of carbonyl (C=O) groups is 1. The van der Waals surface area contributed by atoms with E-state index in [1.807, 2.05) is 27.1 Å². The maximum absolute atomic E-state index is 12.8. The van der Waals surface area contributed by atoms with Crippen molar-refractivity contribution in [2.45, 2.75) is 44.6 Å². The number of hydrogen-bond acceptors (Lipinski definition) is 3. The molecule has 98 valence electrons. The molecule has 0 saturated heterocycles. The molecule has 0 bridgehead atoms. The molecule has 0 N–H and O–H groups in total. The molecule has 3 nitrogen and oxygen atoms in total.